The number of ether oxygens (including phenoxy) is 1. The monoisotopic (exact) mass is 291 g/mol. The Morgan fingerprint density at radius 2 is 1.81 bits per heavy atom. The molecule has 0 unspecified atom stereocenters. The molecule has 1 amide bonds. The highest BCUT2D eigenvalue weighted by atomic mass is 16.5. The molecular formula is C16H23N2O3+. The van der Waals surface area contributed by atoms with Crippen molar-refractivity contribution in [2.24, 2.45) is 0 Å². The number of carbonyl (C=O) groups is 2. The van der Waals surface area contributed by atoms with Gasteiger partial charge in [0.05, 0.1) is 25.3 Å². The number of hydrogen-bond acceptors (Lipinski definition) is 3. The van der Waals surface area contributed by atoms with E-state index in [-0.39, 0.29) is 11.9 Å². The molecule has 1 fully saturated rings. The number of likely N-dealkylation sites (tertiary alicyclic amines) is 1. The molecule has 0 radical (unpaired) electrons. The Labute approximate surface area is 125 Å². The molecule has 1 aliphatic rings. The predicted molar refractivity (Wildman–Crippen MR) is 80.4 cm³/mol. The van der Waals surface area contributed by atoms with E-state index in [1.165, 1.54) is 24.2 Å². The van der Waals surface area contributed by atoms with Crippen molar-refractivity contribution in [1.82, 2.24) is 0 Å². The summed E-state index contributed by atoms with van der Waals surface area (Å²) in [5, 5.41) is 2.88. The Kier molecular flexibility index (Phi) is 5.75. The summed E-state index contributed by atoms with van der Waals surface area (Å²) in [5.41, 5.74) is 1.21. The van der Waals surface area contributed by atoms with Gasteiger partial charge in [-0.3, -0.25) is 4.79 Å². The first-order valence-electron chi connectivity index (χ1n) is 7.59. The highest BCUT2D eigenvalue weighted by molar-refractivity contribution is 5.93. The van der Waals surface area contributed by atoms with E-state index < -0.39 is 0 Å². The summed E-state index contributed by atoms with van der Waals surface area (Å²) in [6, 6.07) is 6.80. The molecule has 2 N–H and O–H groups in total. The number of hydrogen-bond donors (Lipinski definition) is 2. The SMILES string of the molecule is CCOC(=O)c1ccc(NC(=O)C[NH+]2CCCCC2)cc1. The zero-order valence-electron chi connectivity index (χ0n) is 12.5. The van der Waals surface area contributed by atoms with Gasteiger partial charge >= 0.3 is 5.97 Å². The fourth-order valence-electron chi connectivity index (χ4n) is 2.56. The van der Waals surface area contributed by atoms with Crippen molar-refractivity contribution in [2.75, 3.05) is 31.6 Å². The van der Waals surface area contributed by atoms with Crippen LogP contribution in [0.2, 0.25) is 0 Å². The van der Waals surface area contributed by atoms with Gasteiger partial charge in [0.1, 0.15) is 0 Å². The van der Waals surface area contributed by atoms with Gasteiger partial charge in [-0.15, -0.1) is 0 Å². The number of benzene rings is 1. The van der Waals surface area contributed by atoms with Gasteiger partial charge < -0.3 is 15.0 Å². The van der Waals surface area contributed by atoms with Gasteiger partial charge in [0, 0.05) is 5.69 Å². The van der Waals surface area contributed by atoms with Crippen molar-refractivity contribution in [3.05, 3.63) is 29.8 Å². The number of nitrogens with one attached hydrogen (secondary N) is 2. The molecule has 1 aliphatic heterocycles. The molecule has 21 heavy (non-hydrogen) atoms. The molecular weight excluding hydrogens is 268 g/mol. The molecule has 0 spiro atoms. The quantitative estimate of drug-likeness (QED) is 0.792. The van der Waals surface area contributed by atoms with Crippen LogP contribution in [0.15, 0.2) is 24.3 Å². The van der Waals surface area contributed by atoms with Crippen LogP contribution < -0.4 is 10.2 Å². The molecule has 0 aromatic heterocycles. The normalized spacial score (nSPS) is 15.5. The van der Waals surface area contributed by atoms with Crippen LogP contribution in [0, 0.1) is 0 Å². The second-order valence-corrected chi connectivity index (χ2v) is 5.33. The van der Waals surface area contributed by atoms with Crippen molar-refractivity contribution in [3.8, 4) is 0 Å². The highest BCUT2D eigenvalue weighted by Gasteiger charge is 2.17. The lowest BCUT2D eigenvalue weighted by molar-refractivity contribution is -0.896. The maximum atomic E-state index is 12.0. The number of piperidine rings is 1. The summed E-state index contributed by atoms with van der Waals surface area (Å²) in [7, 11) is 0. The van der Waals surface area contributed by atoms with E-state index >= 15 is 0 Å². The van der Waals surface area contributed by atoms with Crippen LogP contribution >= 0.6 is 0 Å². The standard InChI is InChI=1S/C16H22N2O3/c1-2-21-16(20)13-6-8-14(9-7-13)17-15(19)12-18-10-4-3-5-11-18/h6-9H,2-5,10-12H2,1H3,(H,17,19)/p+1. The van der Waals surface area contributed by atoms with E-state index in [2.05, 4.69) is 5.32 Å². The summed E-state index contributed by atoms with van der Waals surface area (Å²) in [6.45, 7) is 4.80. The Morgan fingerprint density at radius 1 is 1.14 bits per heavy atom. The van der Waals surface area contributed by atoms with Gasteiger partial charge in [0.25, 0.3) is 5.91 Å². The topological polar surface area (TPSA) is 59.8 Å². The van der Waals surface area contributed by atoms with Gasteiger partial charge in [-0.05, 0) is 50.5 Å². The average molecular weight is 291 g/mol. The maximum Gasteiger partial charge on any atom is 0.338 e. The Hall–Kier alpha value is -1.88. The zero-order valence-corrected chi connectivity index (χ0v) is 12.5. The molecule has 0 saturated carbocycles. The van der Waals surface area contributed by atoms with E-state index in [1.807, 2.05) is 0 Å². The van der Waals surface area contributed by atoms with Crippen LogP contribution in [0.5, 0.6) is 0 Å². The molecule has 1 heterocycles. The molecule has 0 aliphatic carbocycles. The number of anilines is 1. The third-order valence-corrected chi connectivity index (χ3v) is 3.65. The molecule has 1 aromatic carbocycles. The predicted octanol–water partition coefficient (Wildman–Crippen LogP) is 0.871. The van der Waals surface area contributed by atoms with Crippen LogP contribution in [0.3, 0.4) is 0 Å². The number of esters is 1. The third kappa shape index (κ3) is 4.86. The molecule has 5 nitrogen and oxygen atoms in total. The molecule has 5 heteroatoms. The number of amides is 1. The second kappa shape index (κ2) is 7.78. The van der Waals surface area contributed by atoms with Crippen molar-refractivity contribution in [3.63, 3.8) is 0 Å². The number of rotatable bonds is 5. The van der Waals surface area contributed by atoms with E-state index in [1.54, 1.807) is 31.2 Å². The van der Waals surface area contributed by atoms with E-state index in [0.29, 0.717) is 24.4 Å². The second-order valence-electron chi connectivity index (χ2n) is 5.33. The minimum absolute atomic E-state index is 0.0239. The van der Waals surface area contributed by atoms with Crippen LogP contribution in [-0.2, 0) is 9.53 Å². The smallest absolute Gasteiger partial charge is 0.338 e. The summed E-state index contributed by atoms with van der Waals surface area (Å²) >= 11 is 0. The first-order valence-corrected chi connectivity index (χ1v) is 7.59. The summed E-state index contributed by atoms with van der Waals surface area (Å²) in [4.78, 5) is 24.9. The lowest BCUT2D eigenvalue weighted by Gasteiger charge is -2.22. The first-order chi connectivity index (χ1) is 10.2. The zero-order chi connectivity index (χ0) is 15.1. The van der Waals surface area contributed by atoms with Gasteiger partial charge in [0.15, 0.2) is 6.54 Å². The molecule has 1 aromatic rings. The Morgan fingerprint density at radius 3 is 2.43 bits per heavy atom. The molecule has 1 saturated heterocycles. The van der Waals surface area contributed by atoms with Crippen molar-refractivity contribution in [2.45, 2.75) is 26.2 Å². The average Bonchev–Trinajstić information content (AvgIpc) is 2.49. The summed E-state index contributed by atoms with van der Waals surface area (Å²) in [6.07, 6.45) is 3.69. The largest absolute Gasteiger partial charge is 0.462 e. The Bertz CT molecular complexity index is 479. The van der Waals surface area contributed by atoms with Crippen LogP contribution in [-0.4, -0.2) is 38.1 Å². The molecule has 0 bridgehead atoms. The summed E-state index contributed by atoms with van der Waals surface area (Å²) < 4.78 is 4.92. The van der Waals surface area contributed by atoms with Crippen molar-refractivity contribution >= 4 is 17.6 Å². The lowest BCUT2D eigenvalue weighted by atomic mass is 10.1. The van der Waals surface area contributed by atoms with Crippen LogP contribution in [0.4, 0.5) is 5.69 Å². The fraction of sp³-hybridized carbons (Fsp3) is 0.500. The fourth-order valence-corrected chi connectivity index (χ4v) is 2.56. The molecule has 114 valence electrons. The first kappa shape index (κ1) is 15.5. The van der Waals surface area contributed by atoms with Crippen molar-refractivity contribution in [1.29, 1.82) is 0 Å². The van der Waals surface area contributed by atoms with Crippen LogP contribution in [0.1, 0.15) is 36.5 Å². The molecule has 2 rings (SSSR count). The van der Waals surface area contributed by atoms with Gasteiger partial charge in [-0.25, -0.2) is 4.79 Å². The highest BCUT2D eigenvalue weighted by Crippen LogP contribution is 2.10. The lowest BCUT2D eigenvalue weighted by Crippen LogP contribution is -3.13. The molecule has 0 atom stereocenters. The van der Waals surface area contributed by atoms with Crippen molar-refractivity contribution < 1.29 is 19.2 Å². The van der Waals surface area contributed by atoms with Gasteiger partial charge in [0.2, 0.25) is 0 Å². The minimum atomic E-state index is -0.340. The van der Waals surface area contributed by atoms with E-state index in [4.69, 9.17) is 4.74 Å². The van der Waals surface area contributed by atoms with Gasteiger partial charge in [-0.2, -0.15) is 0 Å². The number of carbonyl (C=O) groups excluding carboxylic acids is 2. The van der Waals surface area contributed by atoms with E-state index in [0.717, 1.165) is 13.1 Å². The number of quaternary nitrogens is 1. The van der Waals surface area contributed by atoms with E-state index in [9.17, 15) is 9.59 Å². The van der Waals surface area contributed by atoms with Crippen LogP contribution in [0.25, 0.3) is 0 Å². The third-order valence-electron chi connectivity index (χ3n) is 3.65. The Balaban J connectivity index is 1.84. The maximum absolute atomic E-state index is 12.0. The minimum Gasteiger partial charge on any atom is -0.462 e. The summed E-state index contributed by atoms with van der Waals surface area (Å²) in [5.74, 6) is -0.316. The van der Waals surface area contributed by atoms with Gasteiger partial charge in [-0.1, -0.05) is 0 Å².